The lowest BCUT2D eigenvalue weighted by molar-refractivity contribution is 0.0458. The minimum Gasteiger partial charge on any atom is -0.508 e. The number of rotatable bonds is 7. The van der Waals surface area contributed by atoms with Crippen molar-refractivity contribution in [3.05, 3.63) is 53.9 Å². The summed E-state index contributed by atoms with van der Waals surface area (Å²) in [4.78, 5) is 16.9. The summed E-state index contributed by atoms with van der Waals surface area (Å²) in [7, 11) is -0.620. The fraction of sp³-hybridized carbons (Fsp3) is 0.300. The summed E-state index contributed by atoms with van der Waals surface area (Å²) in [6.07, 6.45) is 0.835. The Bertz CT molecular complexity index is 1130. The Labute approximate surface area is 169 Å². The van der Waals surface area contributed by atoms with E-state index in [1.165, 1.54) is 44.4 Å². The Morgan fingerprint density at radius 3 is 2.48 bits per heavy atom. The molecule has 0 aliphatic carbocycles. The maximum absolute atomic E-state index is 12.4. The zero-order valence-corrected chi connectivity index (χ0v) is 17.3. The molecule has 0 bridgehead atoms. The summed E-state index contributed by atoms with van der Waals surface area (Å²) in [6.45, 7) is 2.62. The van der Waals surface area contributed by atoms with E-state index in [0.29, 0.717) is 23.4 Å². The van der Waals surface area contributed by atoms with Crippen LogP contribution in [0, 0.1) is 0 Å². The van der Waals surface area contributed by atoms with Crippen LogP contribution in [0.15, 0.2) is 47.4 Å². The van der Waals surface area contributed by atoms with Crippen LogP contribution in [0.1, 0.15) is 29.5 Å². The summed E-state index contributed by atoms with van der Waals surface area (Å²) < 4.78 is 33.2. The number of fused-ring (bicyclic) bond motifs is 1. The van der Waals surface area contributed by atoms with Gasteiger partial charge in [0.1, 0.15) is 18.2 Å². The Balaban J connectivity index is 1.91. The van der Waals surface area contributed by atoms with E-state index in [4.69, 9.17) is 4.74 Å². The van der Waals surface area contributed by atoms with Gasteiger partial charge in [-0.1, -0.05) is 6.92 Å². The molecule has 154 valence electrons. The molecule has 0 fully saturated rings. The van der Waals surface area contributed by atoms with Crippen LogP contribution >= 0.6 is 0 Å². The highest BCUT2D eigenvalue weighted by molar-refractivity contribution is 7.89. The molecule has 0 amide bonds. The number of sulfonamides is 1. The number of hydrogen-bond acceptors (Lipinski definition) is 6. The molecule has 0 spiro atoms. The van der Waals surface area contributed by atoms with Crippen molar-refractivity contribution in [1.82, 2.24) is 13.9 Å². The number of aromatic nitrogens is 2. The van der Waals surface area contributed by atoms with Gasteiger partial charge in [0.2, 0.25) is 10.0 Å². The number of phenolic OH excluding ortho intramolecular Hbond substituents is 1. The molecule has 0 unspecified atom stereocenters. The molecule has 0 radical (unpaired) electrons. The van der Waals surface area contributed by atoms with Crippen LogP contribution < -0.4 is 0 Å². The highest BCUT2D eigenvalue weighted by atomic mass is 32.2. The molecule has 2 aromatic carbocycles. The van der Waals surface area contributed by atoms with E-state index < -0.39 is 16.0 Å². The normalized spacial score (nSPS) is 11.9. The SMILES string of the molecule is CCCn1c(COC(=O)c2ccc(O)cc2)nc2cc(S(=O)(=O)N(C)C)ccc21. The van der Waals surface area contributed by atoms with Gasteiger partial charge in [0.25, 0.3) is 0 Å². The van der Waals surface area contributed by atoms with E-state index in [-0.39, 0.29) is 17.3 Å². The van der Waals surface area contributed by atoms with Crippen LogP contribution in [0.25, 0.3) is 11.0 Å². The second kappa shape index (κ2) is 8.22. The summed E-state index contributed by atoms with van der Waals surface area (Å²) >= 11 is 0. The minimum absolute atomic E-state index is 0.0514. The van der Waals surface area contributed by atoms with Crippen LogP contribution in [-0.2, 0) is 27.9 Å². The van der Waals surface area contributed by atoms with Crippen molar-refractivity contribution >= 4 is 27.0 Å². The molecule has 9 heteroatoms. The highest BCUT2D eigenvalue weighted by Crippen LogP contribution is 2.23. The number of hydrogen-bond donors (Lipinski definition) is 1. The standard InChI is InChI=1S/C20H23N3O5S/c1-4-11-23-18-10-9-16(29(26,27)22(2)3)12-17(18)21-19(23)13-28-20(25)14-5-7-15(24)8-6-14/h5-10,12,24H,4,11,13H2,1-3H3. The lowest BCUT2D eigenvalue weighted by Crippen LogP contribution is -2.22. The van der Waals surface area contributed by atoms with E-state index in [0.717, 1.165) is 16.2 Å². The van der Waals surface area contributed by atoms with Crippen molar-refractivity contribution in [2.75, 3.05) is 14.1 Å². The summed E-state index contributed by atoms with van der Waals surface area (Å²) in [5, 5.41) is 9.33. The van der Waals surface area contributed by atoms with E-state index in [1.807, 2.05) is 11.5 Å². The van der Waals surface area contributed by atoms with Gasteiger partial charge in [-0.3, -0.25) is 0 Å². The van der Waals surface area contributed by atoms with E-state index >= 15 is 0 Å². The van der Waals surface area contributed by atoms with E-state index in [9.17, 15) is 18.3 Å². The largest absolute Gasteiger partial charge is 0.508 e. The zero-order valence-electron chi connectivity index (χ0n) is 16.5. The topological polar surface area (TPSA) is 102 Å². The van der Waals surface area contributed by atoms with Crippen molar-refractivity contribution in [3.8, 4) is 5.75 Å². The average molecular weight is 417 g/mol. The first-order valence-corrected chi connectivity index (χ1v) is 10.6. The average Bonchev–Trinajstić information content (AvgIpc) is 3.03. The van der Waals surface area contributed by atoms with Crippen LogP contribution in [-0.4, -0.2) is 47.4 Å². The predicted molar refractivity (Wildman–Crippen MR) is 108 cm³/mol. The molecule has 8 nitrogen and oxygen atoms in total. The summed E-state index contributed by atoms with van der Waals surface area (Å²) in [5.74, 6) is 0.0686. The van der Waals surface area contributed by atoms with Crippen molar-refractivity contribution in [2.45, 2.75) is 31.4 Å². The number of aryl methyl sites for hydroxylation is 1. The van der Waals surface area contributed by atoms with Crippen molar-refractivity contribution < 1.29 is 23.1 Å². The molecule has 0 atom stereocenters. The molecule has 0 saturated carbocycles. The molecular weight excluding hydrogens is 394 g/mol. The molecular formula is C20H23N3O5S. The maximum Gasteiger partial charge on any atom is 0.338 e. The fourth-order valence-electron chi connectivity index (χ4n) is 2.93. The number of esters is 1. The molecule has 1 heterocycles. The number of imidazole rings is 1. The second-order valence-electron chi connectivity index (χ2n) is 6.74. The smallest absolute Gasteiger partial charge is 0.338 e. The Kier molecular flexibility index (Phi) is 5.90. The minimum atomic E-state index is -3.57. The predicted octanol–water partition coefficient (Wildman–Crippen LogP) is 2.76. The summed E-state index contributed by atoms with van der Waals surface area (Å²) in [5.41, 5.74) is 1.62. The Morgan fingerprint density at radius 2 is 1.86 bits per heavy atom. The molecule has 1 aromatic heterocycles. The lowest BCUT2D eigenvalue weighted by atomic mass is 10.2. The van der Waals surface area contributed by atoms with Crippen LogP contribution in [0.3, 0.4) is 0 Å². The van der Waals surface area contributed by atoms with Crippen molar-refractivity contribution in [1.29, 1.82) is 0 Å². The van der Waals surface area contributed by atoms with Crippen molar-refractivity contribution in [3.63, 3.8) is 0 Å². The Hall–Kier alpha value is -2.91. The van der Waals surface area contributed by atoms with Gasteiger partial charge in [-0.15, -0.1) is 0 Å². The van der Waals surface area contributed by atoms with Crippen LogP contribution in [0.2, 0.25) is 0 Å². The highest BCUT2D eigenvalue weighted by Gasteiger charge is 2.20. The summed E-state index contributed by atoms with van der Waals surface area (Å²) in [6, 6.07) is 10.6. The maximum atomic E-state index is 12.4. The molecule has 0 saturated heterocycles. The third-order valence-corrected chi connectivity index (χ3v) is 6.27. The second-order valence-corrected chi connectivity index (χ2v) is 8.89. The van der Waals surface area contributed by atoms with Gasteiger partial charge in [-0.25, -0.2) is 22.5 Å². The monoisotopic (exact) mass is 417 g/mol. The molecule has 3 aromatic rings. The number of carbonyl (C=O) groups is 1. The van der Waals surface area contributed by atoms with E-state index in [2.05, 4.69) is 4.98 Å². The van der Waals surface area contributed by atoms with Gasteiger partial charge in [-0.05, 0) is 48.9 Å². The van der Waals surface area contributed by atoms with Crippen LogP contribution in [0.5, 0.6) is 5.75 Å². The first-order chi connectivity index (χ1) is 13.7. The quantitative estimate of drug-likeness (QED) is 0.593. The van der Waals surface area contributed by atoms with Crippen molar-refractivity contribution in [2.24, 2.45) is 0 Å². The number of ether oxygens (including phenoxy) is 1. The number of benzene rings is 2. The van der Waals surface area contributed by atoms with Gasteiger partial charge >= 0.3 is 5.97 Å². The first kappa shape index (κ1) is 20.8. The number of phenols is 1. The van der Waals surface area contributed by atoms with Gasteiger partial charge in [0, 0.05) is 20.6 Å². The Morgan fingerprint density at radius 1 is 1.17 bits per heavy atom. The number of aromatic hydroxyl groups is 1. The van der Waals surface area contributed by atoms with Gasteiger partial charge in [0.05, 0.1) is 21.5 Å². The molecule has 1 N–H and O–H groups in total. The number of nitrogens with zero attached hydrogens (tertiary/aromatic N) is 3. The molecule has 0 aliphatic heterocycles. The zero-order chi connectivity index (χ0) is 21.2. The van der Waals surface area contributed by atoms with E-state index in [1.54, 1.807) is 12.1 Å². The molecule has 29 heavy (non-hydrogen) atoms. The number of carbonyl (C=O) groups excluding carboxylic acids is 1. The molecule has 3 rings (SSSR count). The molecule has 0 aliphatic rings. The third kappa shape index (κ3) is 4.25. The van der Waals surface area contributed by atoms with Gasteiger partial charge in [-0.2, -0.15) is 0 Å². The lowest BCUT2D eigenvalue weighted by Gasteiger charge is -2.11. The van der Waals surface area contributed by atoms with Crippen LogP contribution in [0.4, 0.5) is 0 Å². The van der Waals surface area contributed by atoms with Gasteiger partial charge < -0.3 is 14.4 Å². The fourth-order valence-corrected chi connectivity index (χ4v) is 3.85. The van der Waals surface area contributed by atoms with Gasteiger partial charge in [0.15, 0.2) is 0 Å². The first-order valence-electron chi connectivity index (χ1n) is 9.12. The third-order valence-electron chi connectivity index (χ3n) is 4.46.